The Morgan fingerprint density at radius 2 is 1.75 bits per heavy atom. The van der Waals surface area contributed by atoms with Gasteiger partial charge in [0.25, 0.3) is 5.91 Å². The molecule has 24 heavy (non-hydrogen) atoms. The molecule has 2 heterocycles. The molecule has 1 unspecified atom stereocenters. The number of amides is 2. The van der Waals surface area contributed by atoms with Crippen LogP contribution in [-0.4, -0.2) is 45.9 Å². The molecule has 0 aliphatic carbocycles. The number of nitrogens with one attached hydrogen (secondary N) is 1. The molecule has 0 saturated carbocycles. The number of carbonyl (C=O) groups is 3. The van der Waals surface area contributed by atoms with Gasteiger partial charge in [-0.25, -0.2) is 4.79 Å². The Labute approximate surface area is 140 Å². The van der Waals surface area contributed by atoms with Crippen LogP contribution in [-0.2, 0) is 9.59 Å². The first-order chi connectivity index (χ1) is 11.6. The van der Waals surface area contributed by atoms with Crippen LogP contribution in [0.15, 0.2) is 30.3 Å². The number of rotatable bonds is 3. The number of benzene rings is 1. The molecular formula is C18H22N2O4. The summed E-state index contributed by atoms with van der Waals surface area (Å²) in [5.41, 5.74) is 0.500. The Hall–Kier alpha value is -2.37. The number of fused-ring (bicyclic) bond motifs is 1. The van der Waals surface area contributed by atoms with Gasteiger partial charge in [0.1, 0.15) is 12.1 Å². The molecule has 3 rings (SSSR count). The molecule has 2 saturated heterocycles. The topological polar surface area (TPSA) is 86.7 Å². The fraction of sp³-hybridized carbons (Fsp3) is 0.500. The van der Waals surface area contributed by atoms with Crippen molar-refractivity contribution < 1.29 is 19.5 Å². The predicted molar refractivity (Wildman–Crippen MR) is 87.5 cm³/mol. The van der Waals surface area contributed by atoms with E-state index in [0.29, 0.717) is 18.4 Å². The molecule has 2 amide bonds. The van der Waals surface area contributed by atoms with Gasteiger partial charge in [-0.2, -0.15) is 0 Å². The van der Waals surface area contributed by atoms with Gasteiger partial charge in [-0.3, -0.25) is 9.59 Å². The van der Waals surface area contributed by atoms with Gasteiger partial charge in [0.05, 0.1) is 0 Å². The minimum atomic E-state index is -0.959. The maximum atomic E-state index is 12.9. The molecule has 0 aromatic heterocycles. The standard InChI is InChI=1S/C18H22N2O4/c21-16(12-6-2-1-3-7-12)19-14-9-5-4-8-13-10-11-15(18(23)24)20(13)17(14)22/h1-3,6-7,13-15H,4-5,8-11H2,(H,19,21)(H,23,24)/t13-,14-,15?/m0/s1. The number of carboxylic acid groups (broad SMARTS) is 1. The Morgan fingerprint density at radius 3 is 2.46 bits per heavy atom. The van der Waals surface area contributed by atoms with E-state index in [-0.39, 0.29) is 17.9 Å². The Balaban J connectivity index is 1.78. The van der Waals surface area contributed by atoms with Gasteiger partial charge in [-0.15, -0.1) is 0 Å². The summed E-state index contributed by atoms with van der Waals surface area (Å²) in [4.78, 5) is 38.3. The van der Waals surface area contributed by atoms with Crippen LogP contribution in [0.2, 0.25) is 0 Å². The van der Waals surface area contributed by atoms with Crippen molar-refractivity contribution in [3.8, 4) is 0 Å². The predicted octanol–water partition coefficient (Wildman–Crippen LogP) is 1.80. The number of nitrogens with zero attached hydrogens (tertiary/aromatic N) is 1. The molecule has 0 radical (unpaired) electrons. The highest BCUT2D eigenvalue weighted by Gasteiger charge is 2.43. The van der Waals surface area contributed by atoms with Crippen LogP contribution in [0.3, 0.4) is 0 Å². The maximum Gasteiger partial charge on any atom is 0.326 e. The zero-order valence-electron chi connectivity index (χ0n) is 13.5. The first kappa shape index (κ1) is 16.5. The summed E-state index contributed by atoms with van der Waals surface area (Å²) in [5, 5.41) is 12.2. The van der Waals surface area contributed by atoms with Gasteiger partial charge in [-0.1, -0.05) is 31.0 Å². The van der Waals surface area contributed by atoms with Crippen molar-refractivity contribution in [1.82, 2.24) is 10.2 Å². The minimum Gasteiger partial charge on any atom is -0.480 e. The van der Waals surface area contributed by atoms with Crippen LogP contribution < -0.4 is 5.32 Å². The number of carboxylic acids is 1. The number of aliphatic carboxylic acids is 1. The highest BCUT2D eigenvalue weighted by atomic mass is 16.4. The monoisotopic (exact) mass is 330 g/mol. The SMILES string of the molecule is O=C(N[C@H]1CCCC[C@H]2CCC(C(=O)O)N2C1=O)c1ccccc1. The second-order valence-corrected chi connectivity index (χ2v) is 6.51. The van der Waals surface area contributed by atoms with Crippen molar-refractivity contribution in [3.05, 3.63) is 35.9 Å². The summed E-state index contributed by atoms with van der Waals surface area (Å²) in [6.07, 6.45) is 4.40. The molecule has 128 valence electrons. The highest BCUT2D eigenvalue weighted by molar-refractivity contribution is 5.98. The van der Waals surface area contributed by atoms with E-state index in [4.69, 9.17) is 0 Å². The number of hydrogen-bond donors (Lipinski definition) is 2. The van der Waals surface area contributed by atoms with E-state index in [1.54, 1.807) is 24.3 Å². The second kappa shape index (κ2) is 7.03. The van der Waals surface area contributed by atoms with Crippen molar-refractivity contribution >= 4 is 17.8 Å². The third kappa shape index (κ3) is 3.27. The van der Waals surface area contributed by atoms with Crippen molar-refractivity contribution in [2.75, 3.05) is 0 Å². The smallest absolute Gasteiger partial charge is 0.326 e. The summed E-state index contributed by atoms with van der Waals surface area (Å²) in [7, 11) is 0. The molecule has 1 aromatic carbocycles. The van der Waals surface area contributed by atoms with E-state index in [9.17, 15) is 19.5 Å². The van der Waals surface area contributed by atoms with Gasteiger partial charge >= 0.3 is 5.97 Å². The molecular weight excluding hydrogens is 308 g/mol. The molecule has 2 N–H and O–H groups in total. The van der Waals surface area contributed by atoms with E-state index in [1.165, 1.54) is 4.90 Å². The summed E-state index contributed by atoms with van der Waals surface area (Å²) < 4.78 is 0. The van der Waals surface area contributed by atoms with Gasteiger partial charge in [0.15, 0.2) is 0 Å². The first-order valence-electron chi connectivity index (χ1n) is 8.49. The quantitative estimate of drug-likeness (QED) is 0.885. The Morgan fingerprint density at radius 1 is 1.04 bits per heavy atom. The van der Waals surface area contributed by atoms with E-state index in [1.807, 2.05) is 6.07 Å². The third-order valence-corrected chi connectivity index (χ3v) is 4.96. The molecule has 2 aliphatic heterocycles. The molecule has 3 atom stereocenters. The minimum absolute atomic E-state index is 0.0185. The lowest BCUT2D eigenvalue weighted by molar-refractivity contribution is -0.151. The lowest BCUT2D eigenvalue weighted by atomic mass is 9.98. The molecule has 1 aromatic rings. The van der Waals surface area contributed by atoms with Crippen molar-refractivity contribution in [2.24, 2.45) is 0 Å². The largest absolute Gasteiger partial charge is 0.480 e. The van der Waals surface area contributed by atoms with Crippen molar-refractivity contribution in [2.45, 2.75) is 56.7 Å². The maximum absolute atomic E-state index is 12.9. The number of carbonyl (C=O) groups excluding carboxylic acids is 2. The van der Waals surface area contributed by atoms with Crippen molar-refractivity contribution in [3.63, 3.8) is 0 Å². The lowest BCUT2D eigenvalue weighted by Gasteiger charge is -2.34. The van der Waals surface area contributed by atoms with Crippen LogP contribution in [0.1, 0.15) is 48.9 Å². The summed E-state index contributed by atoms with van der Waals surface area (Å²) in [6, 6.07) is 7.32. The third-order valence-electron chi connectivity index (χ3n) is 4.96. The van der Waals surface area contributed by atoms with Gasteiger partial charge < -0.3 is 15.3 Å². The van der Waals surface area contributed by atoms with Gasteiger partial charge in [-0.05, 0) is 37.8 Å². The van der Waals surface area contributed by atoms with Crippen LogP contribution in [0, 0.1) is 0 Å². The molecule has 2 fully saturated rings. The van der Waals surface area contributed by atoms with E-state index in [0.717, 1.165) is 25.7 Å². The average Bonchev–Trinajstić information content (AvgIpc) is 3.00. The molecule has 0 spiro atoms. The van der Waals surface area contributed by atoms with E-state index in [2.05, 4.69) is 5.32 Å². The first-order valence-corrected chi connectivity index (χ1v) is 8.49. The second-order valence-electron chi connectivity index (χ2n) is 6.51. The van der Waals surface area contributed by atoms with Crippen LogP contribution >= 0.6 is 0 Å². The average molecular weight is 330 g/mol. The van der Waals surface area contributed by atoms with Crippen LogP contribution in [0.5, 0.6) is 0 Å². The molecule has 0 bridgehead atoms. The van der Waals surface area contributed by atoms with Crippen LogP contribution in [0.4, 0.5) is 0 Å². The van der Waals surface area contributed by atoms with E-state index >= 15 is 0 Å². The Kier molecular flexibility index (Phi) is 4.83. The van der Waals surface area contributed by atoms with Crippen LogP contribution in [0.25, 0.3) is 0 Å². The lowest BCUT2D eigenvalue weighted by Crippen LogP contribution is -2.54. The van der Waals surface area contributed by atoms with E-state index < -0.39 is 18.1 Å². The molecule has 2 aliphatic rings. The van der Waals surface area contributed by atoms with Gasteiger partial charge in [0, 0.05) is 11.6 Å². The summed E-state index contributed by atoms with van der Waals surface area (Å²) in [5.74, 6) is -1.51. The normalized spacial score (nSPS) is 27.1. The number of hydrogen-bond acceptors (Lipinski definition) is 3. The van der Waals surface area contributed by atoms with Crippen molar-refractivity contribution in [1.29, 1.82) is 0 Å². The summed E-state index contributed by atoms with van der Waals surface area (Å²) >= 11 is 0. The Bertz CT molecular complexity index is 631. The van der Waals surface area contributed by atoms with Gasteiger partial charge in [0.2, 0.25) is 5.91 Å². The molecule has 6 heteroatoms. The zero-order chi connectivity index (χ0) is 17.1. The highest BCUT2D eigenvalue weighted by Crippen LogP contribution is 2.31. The summed E-state index contributed by atoms with van der Waals surface area (Å²) in [6.45, 7) is 0. The molecule has 6 nitrogen and oxygen atoms in total. The fourth-order valence-electron chi connectivity index (χ4n) is 3.74. The fourth-order valence-corrected chi connectivity index (χ4v) is 3.74. The zero-order valence-corrected chi connectivity index (χ0v) is 13.5.